The molecule has 0 radical (unpaired) electrons. The van der Waals surface area contributed by atoms with Crippen molar-refractivity contribution in [3.8, 4) is 0 Å². The number of benzene rings is 1. The Bertz CT molecular complexity index is 517. The van der Waals surface area contributed by atoms with Crippen LogP contribution in [0.3, 0.4) is 0 Å². The Hall–Kier alpha value is -1.59. The molecule has 1 N–H and O–H groups in total. The number of hydrogen-bond acceptors (Lipinski definition) is 4. The zero-order valence-corrected chi connectivity index (χ0v) is 15.0. The molecule has 0 bridgehead atoms. The van der Waals surface area contributed by atoms with Gasteiger partial charge in [0.05, 0.1) is 6.10 Å². The van der Waals surface area contributed by atoms with E-state index in [9.17, 15) is 4.79 Å². The Morgan fingerprint density at radius 1 is 1.12 bits per heavy atom. The average molecular weight is 346 g/mol. The molecule has 3 rings (SSSR count). The van der Waals surface area contributed by atoms with Crippen molar-refractivity contribution in [1.29, 1.82) is 0 Å². The van der Waals surface area contributed by atoms with E-state index in [-0.39, 0.29) is 12.1 Å². The van der Waals surface area contributed by atoms with E-state index in [1.165, 1.54) is 6.42 Å². The van der Waals surface area contributed by atoms with Crippen molar-refractivity contribution in [2.75, 3.05) is 26.2 Å². The van der Waals surface area contributed by atoms with Crippen LogP contribution >= 0.6 is 0 Å². The highest BCUT2D eigenvalue weighted by molar-refractivity contribution is 5.68. The SMILES string of the molecule is O=C(OCc1ccccc1)N1CCCC[C@H]1CCOC1CCNCC1. The molecule has 0 unspecified atom stereocenters. The van der Waals surface area contributed by atoms with E-state index >= 15 is 0 Å². The fourth-order valence-corrected chi connectivity index (χ4v) is 3.68. The number of ether oxygens (including phenoxy) is 2. The molecule has 1 atom stereocenters. The minimum atomic E-state index is -0.185. The fraction of sp³-hybridized carbons (Fsp3) is 0.650. The molecular formula is C20H30N2O3. The first-order chi connectivity index (χ1) is 12.3. The summed E-state index contributed by atoms with van der Waals surface area (Å²) in [6.45, 7) is 3.97. The van der Waals surface area contributed by atoms with Crippen molar-refractivity contribution in [2.45, 2.75) is 57.3 Å². The number of nitrogens with one attached hydrogen (secondary N) is 1. The van der Waals surface area contributed by atoms with Crippen molar-refractivity contribution in [3.63, 3.8) is 0 Å². The molecule has 0 aromatic heterocycles. The topological polar surface area (TPSA) is 50.8 Å². The van der Waals surface area contributed by atoms with Crippen molar-refractivity contribution >= 4 is 6.09 Å². The van der Waals surface area contributed by atoms with E-state index in [0.29, 0.717) is 12.7 Å². The van der Waals surface area contributed by atoms with Crippen LogP contribution < -0.4 is 5.32 Å². The maximum absolute atomic E-state index is 12.5. The number of carbonyl (C=O) groups is 1. The molecule has 2 fully saturated rings. The van der Waals surface area contributed by atoms with Gasteiger partial charge in [-0.25, -0.2) is 4.79 Å². The van der Waals surface area contributed by atoms with Crippen LogP contribution in [0.4, 0.5) is 4.79 Å². The summed E-state index contributed by atoms with van der Waals surface area (Å²) in [6.07, 6.45) is 6.58. The van der Waals surface area contributed by atoms with Crippen LogP contribution in [0.1, 0.15) is 44.1 Å². The number of carbonyl (C=O) groups excluding carboxylic acids is 1. The highest BCUT2D eigenvalue weighted by atomic mass is 16.6. The second-order valence-electron chi connectivity index (χ2n) is 6.99. The fourth-order valence-electron chi connectivity index (χ4n) is 3.68. The van der Waals surface area contributed by atoms with Gasteiger partial charge in [-0.2, -0.15) is 0 Å². The van der Waals surface area contributed by atoms with Gasteiger partial charge in [0.15, 0.2) is 0 Å². The van der Waals surface area contributed by atoms with Gasteiger partial charge in [-0.3, -0.25) is 0 Å². The van der Waals surface area contributed by atoms with E-state index in [1.807, 2.05) is 35.2 Å². The molecule has 2 aliphatic heterocycles. The third-order valence-electron chi connectivity index (χ3n) is 5.16. The standard InChI is InChI=1S/C20H30N2O3/c23-20(25-16-17-6-2-1-3-7-17)22-14-5-4-8-18(22)11-15-24-19-9-12-21-13-10-19/h1-3,6-7,18-19,21H,4-5,8-16H2/t18-/m0/s1. The van der Waals surface area contributed by atoms with Crippen molar-refractivity contribution < 1.29 is 14.3 Å². The Labute approximate surface area is 150 Å². The molecule has 2 saturated heterocycles. The zero-order chi connectivity index (χ0) is 17.3. The summed E-state index contributed by atoms with van der Waals surface area (Å²) in [5, 5.41) is 3.35. The lowest BCUT2D eigenvalue weighted by molar-refractivity contribution is 0.0121. The largest absolute Gasteiger partial charge is 0.445 e. The summed E-state index contributed by atoms with van der Waals surface area (Å²) >= 11 is 0. The lowest BCUT2D eigenvalue weighted by Gasteiger charge is -2.35. The molecule has 0 saturated carbocycles. The smallest absolute Gasteiger partial charge is 0.410 e. The summed E-state index contributed by atoms with van der Waals surface area (Å²) in [5.74, 6) is 0. The Balaban J connectivity index is 1.43. The first kappa shape index (κ1) is 18.2. The van der Waals surface area contributed by atoms with E-state index in [0.717, 1.165) is 63.9 Å². The first-order valence-electron chi connectivity index (χ1n) is 9.62. The maximum atomic E-state index is 12.5. The molecule has 0 aliphatic carbocycles. The minimum absolute atomic E-state index is 0.185. The van der Waals surface area contributed by atoms with Crippen molar-refractivity contribution in [1.82, 2.24) is 10.2 Å². The lowest BCUT2D eigenvalue weighted by Crippen LogP contribution is -2.44. The van der Waals surface area contributed by atoms with Gasteiger partial charge in [0.1, 0.15) is 6.61 Å². The van der Waals surface area contributed by atoms with Crippen molar-refractivity contribution in [3.05, 3.63) is 35.9 Å². The third kappa shape index (κ3) is 5.72. The van der Waals surface area contributed by atoms with Gasteiger partial charge in [-0.1, -0.05) is 30.3 Å². The van der Waals surface area contributed by atoms with Crippen LogP contribution in [0.5, 0.6) is 0 Å². The lowest BCUT2D eigenvalue weighted by atomic mass is 10.00. The Morgan fingerprint density at radius 2 is 1.92 bits per heavy atom. The monoisotopic (exact) mass is 346 g/mol. The van der Waals surface area contributed by atoms with Crippen LogP contribution in [0.15, 0.2) is 30.3 Å². The summed E-state index contributed by atoms with van der Waals surface area (Å²) in [5.41, 5.74) is 1.03. The number of likely N-dealkylation sites (tertiary alicyclic amines) is 1. The van der Waals surface area contributed by atoms with Gasteiger partial charge in [-0.05, 0) is 57.2 Å². The second-order valence-corrected chi connectivity index (χ2v) is 6.99. The predicted molar refractivity (Wildman–Crippen MR) is 97.4 cm³/mol. The van der Waals surface area contributed by atoms with Crippen LogP contribution in [0.2, 0.25) is 0 Å². The number of nitrogens with zero attached hydrogens (tertiary/aromatic N) is 1. The minimum Gasteiger partial charge on any atom is -0.445 e. The molecule has 0 spiro atoms. The molecule has 5 heteroatoms. The van der Waals surface area contributed by atoms with Crippen LogP contribution in [0.25, 0.3) is 0 Å². The quantitative estimate of drug-likeness (QED) is 0.858. The molecular weight excluding hydrogens is 316 g/mol. The molecule has 2 aliphatic rings. The normalized spacial score (nSPS) is 21.9. The third-order valence-corrected chi connectivity index (χ3v) is 5.16. The summed E-state index contributed by atoms with van der Waals surface area (Å²) in [6, 6.07) is 10.1. The zero-order valence-electron chi connectivity index (χ0n) is 15.0. The Morgan fingerprint density at radius 3 is 2.72 bits per heavy atom. The van der Waals surface area contributed by atoms with Gasteiger partial charge in [-0.15, -0.1) is 0 Å². The van der Waals surface area contributed by atoms with Gasteiger partial charge < -0.3 is 19.7 Å². The molecule has 1 aromatic carbocycles. The second kappa shape index (κ2) is 9.78. The molecule has 1 amide bonds. The van der Waals surface area contributed by atoms with E-state index in [2.05, 4.69) is 5.32 Å². The van der Waals surface area contributed by atoms with Gasteiger partial charge >= 0.3 is 6.09 Å². The number of amides is 1. The first-order valence-corrected chi connectivity index (χ1v) is 9.62. The van der Waals surface area contributed by atoms with E-state index in [4.69, 9.17) is 9.47 Å². The molecule has 25 heavy (non-hydrogen) atoms. The predicted octanol–water partition coefficient (Wildman–Crippen LogP) is 3.34. The number of hydrogen-bond donors (Lipinski definition) is 1. The summed E-state index contributed by atoms with van der Waals surface area (Å²) in [4.78, 5) is 14.4. The molecule has 1 aromatic rings. The maximum Gasteiger partial charge on any atom is 0.410 e. The van der Waals surface area contributed by atoms with Crippen molar-refractivity contribution in [2.24, 2.45) is 0 Å². The van der Waals surface area contributed by atoms with Crippen LogP contribution in [-0.2, 0) is 16.1 Å². The van der Waals surface area contributed by atoms with Gasteiger partial charge in [0, 0.05) is 19.2 Å². The molecule has 2 heterocycles. The highest BCUT2D eigenvalue weighted by Gasteiger charge is 2.28. The highest BCUT2D eigenvalue weighted by Crippen LogP contribution is 2.21. The molecule has 5 nitrogen and oxygen atoms in total. The Kier molecular flexibility index (Phi) is 7.12. The van der Waals surface area contributed by atoms with E-state index < -0.39 is 0 Å². The van der Waals surface area contributed by atoms with Gasteiger partial charge in [0.2, 0.25) is 0 Å². The summed E-state index contributed by atoms with van der Waals surface area (Å²) in [7, 11) is 0. The summed E-state index contributed by atoms with van der Waals surface area (Å²) < 4.78 is 11.6. The number of rotatable bonds is 6. The average Bonchev–Trinajstić information content (AvgIpc) is 2.68. The van der Waals surface area contributed by atoms with Crippen LogP contribution in [0, 0.1) is 0 Å². The number of piperidine rings is 2. The van der Waals surface area contributed by atoms with E-state index in [1.54, 1.807) is 0 Å². The van der Waals surface area contributed by atoms with Gasteiger partial charge in [0.25, 0.3) is 0 Å². The van der Waals surface area contributed by atoms with Crippen LogP contribution in [-0.4, -0.2) is 49.4 Å². The molecule has 138 valence electrons.